The van der Waals surface area contributed by atoms with Crippen LogP contribution in [-0.4, -0.2) is 0 Å². The van der Waals surface area contributed by atoms with Gasteiger partial charge in [-0.1, -0.05) is 44.5 Å². The molecule has 2 rings (SSSR count). The van der Waals surface area contributed by atoms with Crippen molar-refractivity contribution in [2.45, 2.75) is 46.5 Å². The van der Waals surface area contributed by atoms with Crippen LogP contribution in [0.4, 0.5) is 0 Å². The predicted molar refractivity (Wildman–Crippen MR) is 59.3 cm³/mol. The molecule has 1 aliphatic carbocycles. The first-order valence-corrected chi connectivity index (χ1v) is 5.37. The molecule has 13 heavy (non-hydrogen) atoms. The van der Waals surface area contributed by atoms with Crippen molar-refractivity contribution in [1.82, 2.24) is 0 Å². The highest BCUT2D eigenvalue weighted by Crippen LogP contribution is 2.32. The van der Waals surface area contributed by atoms with Crippen LogP contribution >= 0.6 is 0 Å². The molecule has 0 aliphatic heterocycles. The van der Waals surface area contributed by atoms with Crippen molar-refractivity contribution in [1.29, 1.82) is 0 Å². The van der Waals surface area contributed by atoms with Crippen molar-refractivity contribution in [3.63, 3.8) is 0 Å². The summed E-state index contributed by atoms with van der Waals surface area (Å²) in [4.78, 5) is 0. The van der Waals surface area contributed by atoms with Gasteiger partial charge in [-0.15, -0.1) is 0 Å². The molecule has 0 aromatic heterocycles. The maximum atomic E-state index is 2.33. The number of fused-ring (bicyclic) bond motifs is 1. The van der Waals surface area contributed by atoms with Crippen molar-refractivity contribution in [2.75, 3.05) is 0 Å². The first-order chi connectivity index (χ1) is 6.27. The molecule has 0 fully saturated rings. The number of rotatable bonds is 0. The van der Waals surface area contributed by atoms with Crippen LogP contribution < -0.4 is 0 Å². The van der Waals surface area contributed by atoms with E-state index < -0.39 is 0 Å². The average Bonchev–Trinajstić information content (AvgIpc) is 2.51. The summed E-state index contributed by atoms with van der Waals surface area (Å²) in [6, 6.07) is 6.85. The van der Waals surface area contributed by atoms with Crippen molar-refractivity contribution in [3.8, 4) is 0 Å². The molecule has 1 aromatic carbocycles. The van der Waals surface area contributed by atoms with Crippen molar-refractivity contribution in [2.24, 2.45) is 0 Å². The van der Waals surface area contributed by atoms with Gasteiger partial charge in [0.25, 0.3) is 0 Å². The van der Waals surface area contributed by atoms with E-state index in [0.29, 0.717) is 0 Å². The van der Waals surface area contributed by atoms with Gasteiger partial charge < -0.3 is 0 Å². The molecule has 0 nitrogen and oxygen atoms in total. The van der Waals surface area contributed by atoms with Gasteiger partial charge in [0.15, 0.2) is 0 Å². The maximum Gasteiger partial charge on any atom is -0.0184 e. The minimum absolute atomic E-state index is 0.797. The number of benzene rings is 1. The van der Waals surface area contributed by atoms with Crippen LogP contribution in [0.2, 0.25) is 0 Å². The zero-order valence-corrected chi connectivity index (χ0v) is 9.22. The maximum absolute atomic E-state index is 2.33. The van der Waals surface area contributed by atoms with Gasteiger partial charge in [0, 0.05) is 0 Å². The lowest BCUT2D eigenvalue weighted by molar-refractivity contribution is 0.747. The Bertz CT molecular complexity index is 273. The van der Waals surface area contributed by atoms with E-state index in [1.165, 1.54) is 18.4 Å². The summed E-state index contributed by atoms with van der Waals surface area (Å²) >= 11 is 0. The zero-order valence-electron chi connectivity index (χ0n) is 9.22. The van der Waals surface area contributed by atoms with Crippen LogP contribution in [0.15, 0.2) is 18.2 Å². The lowest BCUT2D eigenvalue weighted by atomic mass is 10.0. The number of hydrogen-bond acceptors (Lipinski definition) is 0. The number of aryl methyl sites for hydroxylation is 2. The van der Waals surface area contributed by atoms with Crippen molar-refractivity contribution in [3.05, 3.63) is 34.9 Å². The van der Waals surface area contributed by atoms with E-state index in [0.717, 1.165) is 5.92 Å². The third-order valence-corrected chi connectivity index (χ3v) is 2.68. The van der Waals surface area contributed by atoms with Crippen LogP contribution in [0, 0.1) is 6.92 Å². The standard InChI is InChI=1S/C11H14.C2H6/c1-8-3-6-11-9(2)4-5-10(11)7-8;1-2/h3,6-7,9H,4-5H2,1-2H3;1-2H3. The van der Waals surface area contributed by atoms with Gasteiger partial charge in [-0.25, -0.2) is 0 Å². The van der Waals surface area contributed by atoms with Gasteiger partial charge in [-0.05, 0) is 36.8 Å². The highest BCUT2D eigenvalue weighted by molar-refractivity contribution is 5.37. The van der Waals surface area contributed by atoms with Gasteiger partial charge in [-0.3, -0.25) is 0 Å². The Kier molecular flexibility index (Phi) is 3.53. The normalized spacial score (nSPS) is 18.9. The minimum atomic E-state index is 0.797. The second-order valence-corrected chi connectivity index (χ2v) is 3.64. The first kappa shape index (κ1) is 10.3. The Balaban J connectivity index is 0.000000396. The molecule has 0 N–H and O–H groups in total. The smallest absolute Gasteiger partial charge is 0.0184 e. The summed E-state index contributed by atoms with van der Waals surface area (Å²) in [5.41, 5.74) is 4.56. The van der Waals surface area contributed by atoms with E-state index in [1.807, 2.05) is 13.8 Å². The predicted octanol–water partition coefficient (Wildman–Crippen LogP) is 4.07. The quantitative estimate of drug-likeness (QED) is 0.559. The van der Waals surface area contributed by atoms with Crippen LogP contribution in [0.5, 0.6) is 0 Å². The van der Waals surface area contributed by atoms with Gasteiger partial charge in [0.05, 0.1) is 0 Å². The molecule has 0 heteroatoms. The van der Waals surface area contributed by atoms with E-state index in [1.54, 1.807) is 11.1 Å². The first-order valence-electron chi connectivity index (χ1n) is 5.37. The summed E-state index contributed by atoms with van der Waals surface area (Å²) < 4.78 is 0. The Morgan fingerprint density at radius 1 is 1.23 bits per heavy atom. The van der Waals surface area contributed by atoms with Crippen LogP contribution in [0.1, 0.15) is 49.8 Å². The molecule has 0 spiro atoms. The molecule has 1 aromatic rings. The molecule has 72 valence electrons. The van der Waals surface area contributed by atoms with Crippen LogP contribution in [-0.2, 0) is 6.42 Å². The highest BCUT2D eigenvalue weighted by Gasteiger charge is 2.17. The lowest BCUT2D eigenvalue weighted by Gasteiger charge is -2.03. The number of hydrogen-bond donors (Lipinski definition) is 0. The second-order valence-electron chi connectivity index (χ2n) is 3.64. The fourth-order valence-electron chi connectivity index (χ4n) is 1.96. The van der Waals surface area contributed by atoms with Gasteiger partial charge in [-0.2, -0.15) is 0 Å². The van der Waals surface area contributed by atoms with Crippen LogP contribution in [0.3, 0.4) is 0 Å². The van der Waals surface area contributed by atoms with Crippen molar-refractivity contribution < 1.29 is 0 Å². The largest absolute Gasteiger partial charge is 0.0683 e. The molecule has 0 saturated carbocycles. The van der Waals surface area contributed by atoms with E-state index in [-0.39, 0.29) is 0 Å². The van der Waals surface area contributed by atoms with Crippen molar-refractivity contribution >= 4 is 0 Å². The molecule has 1 atom stereocenters. The zero-order chi connectivity index (χ0) is 9.84. The van der Waals surface area contributed by atoms with Gasteiger partial charge in [0.2, 0.25) is 0 Å². The highest BCUT2D eigenvalue weighted by atomic mass is 14.2. The summed E-state index contributed by atoms with van der Waals surface area (Å²) in [5.74, 6) is 0.797. The second kappa shape index (κ2) is 4.45. The summed E-state index contributed by atoms with van der Waals surface area (Å²) in [5, 5.41) is 0. The van der Waals surface area contributed by atoms with E-state index >= 15 is 0 Å². The fraction of sp³-hybridized carbons (Fsp3) is 0.538. The average molecular weight is 176 g/mol. The monoisotopic (exact) mass is 176 g/mol. The topological polar surface area (TPSA) is 0 Å². The lowest BCUT2D eigenvalue weighted by Crippen LogP contribution is -1.85. The van der Waals surface area contributed by atoms with Gasteiger partial charge >= 0.3 is 0 Å². The Morgan fingerprint density at radius 2 is 1.92 bits per heavy atom. The molecule has 0 heterocycles. The molecule has 0 amide bonds. The van der Waals surface area contributed by atoms with E-state index in [9.17, 15) is 0 Å². The summed E-state index contributed by atoms with van der Waals surface area (Å²) in [7, 11) is 0. The van der Waals surface area contributed by atoms with E-state index in [2.05, 4.69) is 32.0 Å². The summed E-state index contributed by atoms with van der Waals surface area (Å²) in [6.07, 6.45) is 2.64. The molecule has 1 unspecified atom stereocenters. The Hall–Kier alpha value is -0.780. The minimum Gasteiger partial charge on any atom is -0.0683 e. The SMILES string of the molecule is CC.Cc1ccc2c(c1)CCC2C. The third-order valence-electron chi connectivity index (χ3n) is 2.68. The Morgan fingerprint density at radius 3 is 2.62 bits per heavy atom. The molecular formula is C13H20. The molecular weight excluding hydrogens is 156 g/mol. The fourth-order valence-corrected chi connectivity index (χ4v) is 1.96. The molecule has 1 aliphatic rings. The van der Waals surface area contributed by atoms with Gasteiger partial charge in [0.1, 0.15) is 0 Å². The third kappa shape index (κ3) is 2.12. The molecule has 0 saturated heterocycles. The Labute approximate surface area is 82.0 Å². The van der Waals surface area contributed by atoms with Crippen LogP contribution in [0.25, 0.3) is 0 Å². The molecule has 0 radical (unpaired) electrons. The molecule has 0 bridgehead atoms. The summed E-state index contributed by atoms with van der Waals surface area (Å²) in [6.45, 7) is 8.49. The van der Waals surface area contributed by atoms with E-state index in [4.69, 9.17) is 0 Å².